The standard InChI is InChI=1S/C4H10O3.CH2BO5P/c5-1-3-7-4-2-6;2-7-8(4,5)6-1-3/h5-6H,1-4H2;1H,(H,4,5). The van der Waals surface area contributed by atoms with Gasteiger partial charge in [0.15, 0.2) is 0 Å². The highest BCUT2D eigenvalue weighted by Crippen LogP contribution is 2.40. The minimum absolute atomic E-state index is 0.0278. The minimum Gasteiger partial charge on any atom is -0.394 e. The topological polar surface area (TPSA) is 123 Å². The third-order valence-electron chi connectivity index (χ3n) is 0.781. The summed E-state index contributed by atoms with van der Waals surface area (Å²) in [6.07, 6.45) is 0. The zero-order valence-corrected chi connectivity index (χ0v) is 8.71. The molecule has 3 N–H and O–H groups in total. The summed E-state index contributed by atoms with van der Waals surface area (Å²) in [5.74, 6) is 0. The van der Waals surface area contributed by atoms with Crippen LogP contribution < -0.4 is 0 Å². The van der Waals surface area contributed by atoms with E-state index < -0.39 is 7.82 Å². The van der Waals surface area contributed by atoms with E-state index in [1.54, 1.807) is 0 Å². The summed E-state index contributed by atoms with van der Waals surface area (Å²) in [5.41, 5.74) is 0. The molecule has 2 radical (unpaired) electrons. The van der Waals surface area contributed by atoms with Crippen LogP contribution in [0.3, 0.4) is 0 Å². The Morgan fingerprint density at radius 2 is 1.73 bits per heavy atom. The average Bonchev–Trinajstić information content (AvgIpc) is 2.20. The minimum atomic E-state index is -4.26. The molecule has 0 amide bonds. The maximum atomic E-state index is 9.94. The highest BCUT2D eigenvalue weighted by Gasteiger charge is 2.16. The molecule has 8 nitrogen and oxygen atoms in total. The largest absolute Gasteiger partial charge is 0.513 e. The molecule has 0 aliphatic carbocycles. The second kappa shape index (κ2) is 11.6. The molecular formula is C5H12BO8P. The number of aliphatic hydroxyl groups excluding tert-OH is 2. The lowest BCUT2D eigenvalue weighted by Gasteiger charge is -2.02. The molecule has 0 aliphatic rings. The highest BCUT2D eigenvalue weighted by molar-refractivity contribution is 7.48. The van der Waals surface area contributed by atoms with E-state index in [4.69, 9.17) is 15.1 Å². The van der Waals surface area contributed by atoms with E-state index in [1.807, 2.05) is 0 Å². The van der Waals surface area contributed by atoms with E-state index in [9.17, 15) is 9.36 Å². The van der Waals surface area contributed by atoms with Gasteiger partial charge in [-0.1, -0.05) is 0 Å². The number of carbonyl (C=O) groups excluding carboxylic acids is 1. The second-order valence-electron chi connectivity index (χ2n) is 1.84. The van der Waals surface area contributed by atoms with Crippen LogP contribution in [0.5, 0.6) is 0 Å². The number of rotatable bonds is 7. The summed E-state index contributed by atoms with van der Waals surface area (Å²) in [6, 6.07) is 0. The smallest absolute Gasteiger partial charge is 0.394 e. The van der Waals surface area contributed by atoms with Crippen LogP contribution >= 0.6 is 7.82 Å². The molecule has 0 fully saturated rings. The molecule has 0 aromatic rings. The molecule has 0 rings (SSSR count). The number of phosphoric acid groups is 1. The summed E-state index contributed by atoms with van der Waals surface area (Å²) in [6.45, 7) is 0.467. The van der Waals surface area contributed by atoms with Gasteiger partial charge in [0, 0.05) is 0 Å². The molecule has 0 bridgehead atoms. The van der Waals surface area contributed by atoms with E-state index in [0.717, 1.165) is 0 Å². The Bertz CT molecular complexity index is 184. The Kier molecular flexibility index (Phi) is 13.2. The molecule has 15 heavy (non-hydrogen) atoms. The first kappa shape index (κ1) is 17.0. The van der Waals surface area contributed by atoms with Crippen molar-refractivity contribution in [3.63, 3.8) is 0 Å². The Morgan fingerprint density at radius 3 is 1.93 bits per heavy atom. The van der Waals surface area contributed by atoms with Gasteiger partial charge in [-0.15, -0.1) is 0 Å². The van der Waals surface area contributed by atoms with Crippen LogP contribution in [0.2, 0.25) is 0 Å². The van der Waals surface area contributed by atoms with Crippen LogP contribution in [0.15, 0.2) is 0 Å². The van der Waals surface area contributed by atoms with Crippen molar-refractivity contribution in [2.75, 3.05) is 26.4 Å². The zero-order chi connectivity index (χ0) is 12.2. The van der Waals surface area contributed by atoms with Crippen molar-refractivity contribution >= 4 is 22.3 Å². The fourth-order valence-electron chi connectivity index (χ4n) is 0.310. The van der Waals surface area contributed by atoms with E-state index in [0.29, 0.717) is 13.2 Å². The fraction of sp³-hybridized carbons (Fsp3) is 0.800. The summed E-state index contributed by atoms with van der Waals surface area (Å²) in [7, 11) is -0.0683. The van der Waals surface area contributed by atoms with Gasteiger partial charge in [0.1, 0.15) is 0 Å². The normalized spacial score (nSPS) is 13.3. The van der Waals surface area contributed by atoms with Crippen LogP contribution in [0.4, 0.5) is 0 Å². The number of hydrogen-bond acceptors (Lipinski definition) is 7. The molecule has 10 heteroatoms. The molecule has 0 saturated heterocycles. The molecular weight excluding hydrogens is 230 g/mol. The van der Waals surface area contributed by atoms with Crippen molar-refractivity contribution < 1.29 is 38.2 Å². The number of aliphatic hydroxyl groups is 2. The van der Waals surface area contributed by atoms with Gasteiger partial charge in [-0.25, -0.2) is 4.57 Å². The number of hydrogen-bond donors (Lipinski definition) is 3. The lowest BCUT2D eigenvalue weighted by Crippen LogP contribution is -2.03. The highest BCUT2D eigenvalue weighted by atomic mass is 31.2. The molecule has 1 atom stereocenters. The van der Waals surface area contributed by atoms with E-state index in [2.05, 4.69) is 21.8 Å². The van der Waals surface area contributed by atoms with Crippen molar-refractivity contribution in [2.24, 2.45) is 0 Å². The summed E-state index contributed by atoms with van der Waals surface area (Å²) < 4.78 is 21.4. The van der Waals surface area contributed by atoms with Gasteiger partial charge >= 0.3 is 22.3 Å². The maximum Gasteiger partial charge on any atom is 0.513 e. The first-order valence-corrected chi connectivity index (χ1v) is 5.16. The zero-order valence-electron chi connectivity index (χ0n) is 7.81. The van der Waals surface area contributed by atoms with Crippen LogP contribution in [0, 0.1) is 0 Å². The first-order chi connectivity index (χ1) is 7.04. The summed E-state index contributed by atoms with van der Waals surface area (Å²) in [5, 5.41) is 16.2. The van der Waals surface area contributed by atoms with Gasteiger partial charge in [-0.3, -0.25) is 9.69 Å². The number of carbonyl (C=O) groups is 1. The maximum absolute atomic E-state index is 9.94. The molecule has 1 unspecified atom stereocenters. The van der Waals surface area contributed by atoms with Crippen molar-refractivity contribution in [3.05, 3.63) is 0 Å². The number of phosphoric ester groups is 1. The van der Waals surface area contributed by atoms with Gasteiger partial charge < -0.3 is 23.9 Å². The average molecular weight is 242 g/mol. The Labute approximate surface area is 87.8 Å². The molecule has 0 aromatic heterocycles. The quantitative estimate of drug-likeness (QED) is 0.210. The molecule has 0 saturated carbocycles. The molecule has 0 heterocycles. The van der Waals surface area contributed by atoms with Crippen LogP contribution in [-0.2, 0) is 23.1 Å². The third-order valence-corrected chi connectivity index (χ3v) is 1.40. The first-order valence-electron chi connectivity index (χ1n) is 3.66. The van der Waals surface area contributed by atoms with Crippen molar-refractivity contribution in [1.82, 2.24) is 0 Å². The molecule has 88 valence electrons. The van der Waals surface area contributed by atoms with Crippen molar-refractivity contribution in [2.45, 2.75) is 0 Å². The Balaban J connectivity index is 0. The van der Waals surface area contributed by atoms with Crippen molar-refractivity contribution in [3.8, 4) is 0 Å². The van der Waals surface area contributed by atoms with Crippen molar-refractivity contribution in [1.29, 1.82) is 0 Å². The van der Waals surface area contributed by atoms with Crippen LogP contribution in [-0.4, -0.2) is 56.1 Å². The fourth-order valence-corrected chi connectivity index (χ4v) is 0.469. The van der Waals surface area contributed by atoms with Gasteiger partial charge in [0.25, 0.3) is 0 Å². The molecule has 0 aromatic carbocycles. The van der Waals surface area contributed by atoms with Gasteiger partial charge in [-0.2, -0.15) is 0 Å². The Morgan fingerprint density at radius 1 is 1.27 bits per heavy atom. The van der Waals surface area contributed by atoms with Gasteiger partial charge in [0.05, 0.1) is 26.4 Å². The van der Waals surface area contributed by atoms with E-state index >= 15 is 0 Å². The number of ether oxygens (including phenoxy) is 1. The monoisotopic (exact) mass is 242 g/mol. The summed E-state index contributed by atoms with van der Waals surface area (Å²) >= 11 is 0. The van der Waals surface area contributed by atoms with Crippen LogP contribution in [0.1, 0.15) is 0 Å². The Hall–Kier alpha value is -0.435. The second-order valence-corrected chi connectivity index (χ2v) is 3.19. The van der Waals surface area contributed by atoms with E-state index in [-0.39, 0.29) is 19.7 Å². The third kappa shape index (κ3) is 16.3. The SMILES string of the molecule is OCCOCCO.[B]OP(=O)(O)OC=O. The van der Waals surface area contributed by atoms with E-state index in [1.165, 1.54) is 0 Å². The van der Waals surface area contributed by atoms with Crippen LogP contribution in [0.25, 0.3) is 0 Å². The lowest BCUT2D eigenvalue weighted by molar-refractivity contribution is -0.121. The predicted octanol–water partition coefficient (Wildman–Crippen LogP) is -1.65. The lowest BCUT2D eigenvalue weighted by atomic mass is 10.6. The van der Waals surface area contributed by atoms with Gasteiger partial charge in [-0.05, 0) is 0 Å². The summed E-state index contributed by atoms with van der Waals surface area (Å²) in [4.78, 5) is 17.4. The predicted molar refractivity (Wildman–Crippen MR) is 48.8 cm³/mol. The molecule has 0 spiro atoms. The molecule has 0 aliphatic heterocycles. The van der Waals surface area contributed by atoms with Gasteiger partial charge in [0.2, 0.25) is 0 Å².